The molecule has 0 radical (unpaired) electrons. The Bertz CT molecular complexity index is 1000. The fraction of sp³-hybridized carbons (Fsp3) is 0.743. The fourth-order valence-corrected chi connectivity index (χ4v) is 5.13. The lowest BCUT2D eigenvalue weighted by atomic mass is 9.97. The van der Waals surface area contributed by atoms with Crippen LogP contribution in [0.2, 0.25) is 0 Å². The maximum absolute atomic E-state index is 12.1. The second kappa shape index (κ2) is 25.0. The number of esters is 1. The van der Waals surface area contributed by atoms with Crippen molar-refractivity contribution in [2.24, 2.45) is 0 Å². The number of rotatable bonds is 23. The summed E-state index contributed by atoms with van der Waals surface area (Å²) in [5.74, 6) is -0.500. The van der Waals surface area contributed by atoms with E-state index < -0.39 is 93.3 Å². The monoisotopic (exact) mass is 702 g/mol. The predicted octanol–water partition coefficient (Wildman–Crippen LogP) is 0.677. The zero-order chi connectivity index (χ0) is 36.0. The quantitative estimate of drug-likeness (QED) is 0.0417. The number of hydrogen-bond acceptors (Lipinski definition) is 14. The molecule has 2 rings (SSSR count). The third kappa shape index (κ3) is 15.8. The fourth-order valence-electron chi connectivity index (χ4n) is 5.13. The van der Waals surface area contributed by atoms with Crippen molar-refractivity contribution in [3.8, 4) is 0 Å². The molecule has 0 aromatic heterocycles. The predicted molar refractivity (Wildman–Crippen MR) is 178 cm³/mol. The van der Waals surface area contributed by atoms with Gasteiger partial charge < -0.3 is 64.5 Å². The second-order valence-electron chi connectivity index (χ2n) is 12.2. The average Bonchev–Trinajstić information content (AvgIpc) is 3.10. The number of unbranched alkanes of at least 4 members (excludes halogenated alkanes) is 4. The molecule has 0 spiro atoms. The molecule has 282 valence electrons. The highest BCUT2D eigenvalue weighted by Crippen LogP contribution is 2.29. The molecule has 11 atom stereocenters. The molecule has 14 nitrogen and oxygen atoms in total. The Labute approximate surface area is 288 Å². The summed E-state index contributed by atoms with van der Waals surface area (Å²) in [7, 11) is 0. The lowest BCUT2D eigenvalue weighted by Gasteiger charge is -2.46. The van der Waals surface area contributed by atoms with Gasteiger partial charge in [-0.25, -0.2) is 0 Å². The summed E-state index contributed by atoms with van der Waals surface area (Å²) in [6, 6.07) is 0. The van der Waals surface area contributed by atoms with Crippen LogP contribution in [0.3, 0.4) is 0 Å². The molecule has 2 aliphatic heterocycles. The van der Waals surface area contributed by atoms with Crippen molar-refractivity contribution in [2.75, 3.05) is 26.4 Å². The van der Waals surface area contributed by atoms with Crippen molar-refractivity contribution in [2.45, 2.75) is 139 Å². The standard InChI is InChI=1S/C35H58O14/c1-2-3-4-5-6-7-8-9-10-11-12-13-14-15-16-17-18-19-27(39)45-22-24(38)23-46-34-32(44)33(29(41)26(21-37)47-34)49-35-31(43)30(42)28(40)25(20-36)48-35/h6-7,9-10,12-13,15-16,24-26,28-38,40-44H,2-5,8,11,14,17-23H2,1H3/b7-6-,10-9-,13-12-,16-15-/t24?,25-,26-,28-,29-,30+,31-,32-,33+,34-,35+/m1/s1. The normalized spacial score (nSPS) is 31.8. The number of hydrogen-bond donors (Lipinski definition) is 8. The van der Waals surface area contributed by atoms with Crippen LogP contribution in [0.1, 0.15) is 71.1 Å². The molecule has 8 N–H and O–H groups in total. The van der Waals surface area contributed by atoms with Crippen molar-refractivity contribution < 1.29 is 69.3 Å². The lowest BCUT2D eigenvalue weighted by Crippen LogP contribution is -2.65. The van der Waals surface area contributed by atoms with Crippen LogP contribution in [0.25, 0.3) is 0 Å². The summed E-state index contributed by atoms with van der Waals surface area (Å²) < 4.78 is 26.7. The molecule has 0 aromatic rings. The van der Waals surface area contributed by atoms with Crippen molar-refractivity contribution in [1.82, 2.24) is 0 Å². The molecule has 2 heterocycles. The van der Waals surface area contributed by atoms with Crippen LogP contribution in [-0.2, 0) is 28.5 Å². The molecule has 2 saturated heterocycles. The summed E-state index contributed by atoms with van der Waals surface area (Å²) in [5, 5.41) is 80.9. The summed E-state index contributed by atoms with van der Waals surface area (Å²) in [5.41, 5.74) is 0. The summed E-state index contributed by atoms with van der Waals surface area (Å²) >= 11 is 0. The molecule has 0 saturated carbocycles. The molecule has 2 fully saturated rings. The first-order valence-electron chi connectivity index (χ1n) is 17.3. The number of carbonyl (C=O) groups is 1. The first-order valence-corrected chi connectivity index (χ1v) is 17.3. The van der Waals surface area contributed by atoms with E-state index in [2.05, 4.69) is 43.4 Å². The maximum Gasteiger partial charge on any atom is 0.305 e. The van der Waals surface area contributed by atoms with E-state index >= 15 is 0 Å². The zero-order valence-electron chi connectivity index (χ0n) is 28.4. The third-order valence-electron chi connectivity index (χ3n) is 8.06. The van der Waals surface area contributed by atoms with E-state index in [-0.39, 0.29) is 13.0 Å². The van der Waals surface area contributed by atoms with Gasteiger partial charge in [-0.1, -0.05) is 68.4 Å². The van der Waals surface area contributed by atoms with Gasteiger partial charge in [-0.2, -0.15) is 0 Å². The highest BCUT2D eigenvalue weighted by atomic mass is 16.7. The van der Waals surface area contributed by atoms with E-state index in [1.807, 2.05) is 12.2 Å². The topological polar surface area (TPSA) is 225 Å². The van der Waals surface area contributed by atoms with Crippen LogP contribution in [0, 0.1) is 0 Å². The van der Waals surface area contributed by atoms with Gasteiger partial charge >= 0.3 is 5.97 Å². The van der Waals surface area contributed by atoms with Gasteiger partial charge in [-0.15, -0.1) is 0 Å². The Morgan fingerprint density at radius 2 is 1.22 bits per heavy atom. The van der Waals surface area contributed by atoms with Crippen LogP contribution in [0.4, 0.5) is 0 Å². The first-order chi connectivity index (χ1) is 23.6. The van der Waals surface area contributed by atoms with Crippen LogP contribution >= 0.6 is 0 Å². The Morgan fingerprint density at radius 3 is 1.82 bits per heavy atom. The van der Waals surface area contributed by atoms with Gasteiger partial charge in [0.15, 0.2) is 12.6 Å². The minimum absolute atomic E-state index is 0.156. The van der Waals surface area contributed by atoms with Gasteiger partial charge in [0.2, 0.25) is 0 Å². The largest absolute Gasteiger partial charge is 0.463 e. The Hall–Kier alpha value is -2.05. The molecular formula is C35H58O14. The van der Waals surface area contributed by atoms with E-state index in [1.165, 1.54) is 19.3 Å². The number of ether oxygens (including phenoxy) is 5. The number of allylic oxidation sites excluding steroid dienone is 8. The number of carbonyl (C=O) groups excluding carboxylic acids is 1. The summed E-state index contributed by atoms with van der Waals surface area (Å²) in [6.07, 6.45) is 8.72. The SMILES string of the molecule is CCCCC/C=C\C/C=C\C/C=C\C/C=C\CCCC(=O)OCC(O)CO[C@@H]1O[C@H](CO)[C@@H](O)[C@H](O[C@@H]2O[C@H](CO)[C@@H](O)[C@H](O)[C@H]2O)[C@H]1O. The van der Waals surface area contributed by atoms with E-state index in [0.717, 1.165) is 25.7 Å². The van der Waals surface area contributed by atoms with Crippen molar-refractivity contribution in [1.29, 1.82) is 0 Å². The molecule has 2 aliphatic rings. The second-order valence-corrected chi connectivity index (χ2v) is 12.2. The van der Waals surface area contributed by atoms with E-state index in [9.17, 15) is 45.6 Å². The van der Waals surface area contributed by atoms with Gasteiger partial charge in [0.25, 0.3) is 0 Å². The van der Waals surface area contributed by atoms with Gasteiger partial charge in [-0.05, 0) is 44.9 Å². The van der Waals surface area contributed by atoms with Crippen molar-refractivity contribution in [3.63, 3.8) is 0 Å². The van der Waals surface area contributed by atoms with Crippen molar-refractivity contribution in [3.05, 3.63) is 48.6 Å². The average molecular weight is 703 g/mol. The number of aliphatic hydroxyl groups excluding tert-OH is 8. The van der Waals surface area contributed by atoms with Crippen molar-refractivity contribution >= 4 is 5.97 Å². The maximum atomic E-state index is 12.1. The van der Waals surface area contributed by atoms with Crippen LogP contribution in [0.15, 0.2) is 48.6 Å². The number of aliphatic hydroxyl groups is 8. The minimum atomic E-state index is -1.81. The Morgan fingerprint density at radius 1 is 0.673 bits per heavy atom. The molecule has 1 unspecified atom stereocenters. The molecule has 0 aromatic carbocycles. The van der Waals surface area contributed by atoms with Gasteiger partial charge in [0, 0.05) is 6.42 Å². The van der Waals surface area contributed by atoms with Gasteiger partial charge in [0.05, 0.1) is 19.8 Å². The van der Waals surface area contributed by atoms with Gasteiger partial charge in [0.1, 0.15) is 61.5 Å². The minimum Gasteiger partial charge on any atom is -0.463 e. The highest BCUT2D eigenvalue weighted by Gasteiger charge is 2.51. The summed E-state index contributed by atoms with van der Waals surface area (Å²) in [4.78, 5) is 12.1. The first kappa shape index (κ1) is 43.1. The van der Waals surface area contributed by atoms with E-state index in [0.29, 0.717) is 12.8 Å². The van der Waals surface area contributed by atoms with E-state index in [1.54, 1.807) is 0 Å². The lowest BCUT2D eigenvalue weighted by molar-refractivity contribution is -0.361. The Kier molecular flexibility index (Phi) is 22.0. The molecule has 49 heavy (non-hydrogen) atoms. The molecule has 14 heteroatoms. The molecule has 0 aliphatic carbocycles. The van der Waals surface area contributed by atoms with E-state index in [4.69, 9.17) is 23.7 Å². The Balaban J connectivity index is 1.64. The molecule has 0 amide bonds. The van der Waals surface area contributed by atoms with Crippen LogP contribution < -0.4 is 0 Å². The third-order valence-corrected chi connectivity index (χ3v) is 8.06. The van der Waals surface area contributed by atoms with Crippen LogP contribution in [-0.4, -0.2) is 141 Å². The molecule has 0 bridgehead atoms. The molecular weight excluding hydrogens is 644 g/mol. The summed E-state index contributed by atoms with van der Waals surface area (Å²) in [6.45, 7) is -0.0788. The van der Waals surface area contributed by atoms with Gasteiger partial charge in [-0.3, -0.25) is 4.79 Å². The van der Waals surface area contributed by atoms with Crippen LogP contribution in [0.5, 0.6) is 0 Å². The smallest absolute Gasteiger partial charge is 0.305 e. The zero-order valence-corrected chi connectivity index (χ0v) is 28.4. The highest BCUT2D eigenvalue weighted by molar-refractivity contribution is 5.69.